The minimum Gasteiger partial charge on any atom is -0.497 e. The van der Waals surface area contributed by atoms with Gasteiger partial charge in [-0.25, -0.2) is 9.67 Å². The Balaban J connectivity index is 1.88. The predicted molar refractivity (Wildman–Crippen MR) is 119 cm³/mol. The molecule has 0 fully saturated rings. The molecule has 0 spiro atoms. The number of aliphatic hydroxyl groups excluding tert-OH is 1. The highest BCUT2D eigenvalue weighted by atomic mass is 16.5. The van der Waals surface area contributed by atoms with E-state index >= 15 is 0 Å². The first-order valence-electron chi connectivity index (χ1n) is 10.3. The Morgan fingerprint density at radius 1 is 1.16 bits per heavy atom. The molecular formula is C23H30N4O4. The summed E-state index contributed by atoms with van der Waals surface area (Å²) in [5.41, 5.74) is 2.53. The summed E-state index contributed by atoms with van der Waals surface area (Å²) < 4.78 is 12.4. The topological polar surface area (TPSA) is 98.5 Å². The molecule has 0 aliphatic carbocycles. The van der Waals surface area contributed by atoms with Gasteiger partial charge in [0.15, 0.2) is 5.65 Å². The van der Waals surface area contributed by atoms with Crippen LogP contribution in [0.2, 0.25) is 0 Å². The van der Waals surface area contributed by atoms with Gasteiger partial charge in [0.2, 0.25) is 0 Å². The Morgan fingerprint density at radius 3 is 2.52 bits per heavy atom. The van der Waals surface area contributed by atoms with Crippen molar-refractivity contribution in [3.63, 3.8) is 0 Å². The molecule has 8 nitrogen and oxygen atoms in total. The van der Waals surface area contributed by atoms with Crippen LogP contribution in [0.15, 0.2) is 30.5 Å². The molecule has 0 saturated carbocycles. The van der Waals surface area contributed by atoms with Gasteiger partial charge in [0.1, 0.15) is 17.6 Å². The van der Waals surface area contributed by atoms with Crippen LogP contribution in [-0.4, -0.2) is 46.5 Å². The van der Waals surface area contributed by atoms with E-state index in [0.29, 0.717) is 33.7 Å². The maximum absolute atomic E-state index is 13.1. The second-order valence-electron chi connectivity index (χ2n) is 8.00. The summed E-state index contributed by atoms with van der Waals surface area (Å²) in [7, 11) is 3.09. The van der Waals surface area contributed by atoms with E-state index in [4.69, 9.17) is 14.5 Å². The van der Waals surface area contributed by atoms with Gasteiger partial charge in [0, 0.05) is 23.8 Å². The number of hydrogen-bond acceptors (Lipinski definition) is 6. The largest absolute Gasteiger partial charge is 0.497 e. The minimum atomic E-state index is -0.964. The van der Waals surface area contributed by atoms with Crippen molar-refractivity contribution in [2.45, 2.75) is 45.8 Å². The Hall–Kier alpha value is -3.13. The molecule has 2 N–H and O–H groups in total. The number of rotatable bonds is 8. The lowest BCUT2D eigenvalue weighted by atomic mass is 10.0. The van der Waals surface area contributed by atoms with Crippen LogP contribution in [0.25, 0.3) is 11.0 Å². The van der Waals surface area contributed by atoms with Gasteiger partial charge in [-0.15, -0.1) is 0 Å². The SMILES string of the molecule is COc1ccc(OC)c(C(O)CNC(=O)c2cc(C(C)C)nc3c2cnn3C(C)C)c1. The highest BCUT2D eigenvalue weighted by Crippen LogP contribution is 2.29. The standard InChI is InChI=1S/C23H30N4O4/c1-13(2)19-10-16(18-11-25-27(14(3)4)22(18)26-19)23(29)24-12-20(28)17-9-15(30-5)7-8-21(17)31-6/h7-11,13-14,20,28H,12H2,1-6H3,(H,24,29). The highest BCUT2D eigenvalue weighted by Gasteiger charge is 2.21. The molecule has 2 heterocycles. The third kappa shape index (κ3) is 4.64. The minimum absolute atomic E-state index is 0.0154. The monoisotopic (exact) mass is 426 g/mol. The van der Waals surface area contributed by atoms with Gasteiger partial charge in [-0.3, -0.25) is 4.79 Å². The van der Waals surface area contributed by atoms with E-state index < -0.39 is 6.10 Å². The molecule has 0 aliphatic heterocycles. The van der Waals surface area contributed by atoms with Crippen LogP contribution in [0, 0.1) is 0 Å². The molecule has 0 aliphatic rings. The zero-order valence-corrected chi connectivity index (χ0v) is 18.8. The number of aliphatic hydroxyl groups is 1. The number of benzene rings is 1. The Morgan fingerprint density at radius 2 is 1.90 bits per heavy atom. The molecule has 1 atom stereocenters. The van der Waals surface area contributed by atoms with Gasteiger partial charge in [0.05, 0.1) is 31.4 Å². The average molecular weight is 427 g/mol. The van der Waals surface area contributed by atoms with Crippen LogP contribution in [0.5, 0.6) is 11.5 Å². The molecule has 3 rings (SSSR count). The van der Waals surface area contributed by atoms with Gasteiger partial charge in [-0.05, 0) is 44.0 Å². The van der Waals surface area contributed by atoms with Crippen LogP contribution in [0.1, 0.15) is 67.4 Å². The predicted octanol–water partition coefficient (Wildman–Crippen LogP) is 3.62. The lowest BCUT2D eigenvalue weighted by Crippen LogP contribution is -2.29. The quantitative estimate of drug-likeness (QED) is 0.571. The number of pyridine rings is 1. The number of carbonyl (C=O) groups excluding carboxylic acids is 1. The fraction of sp³-hybridized carbons (Fsp3) is 0.435. The summed E-state index contributed by atoms with van der Waals surface area (Å²) in [5, 5.41) is 18.6. The molecule has 1 unspecified atom stereocenters. The first-order valence-corrected chi connectivity index (χ1v) is 10.3. The maximum atomic E-state index is 13.1. The molecule has 0 radical (unpaired) electrons. The zero-order valence-electron chi connectivity index (χ0n) is 18.8. The summed E-state index contributed by atoms with van der Waals surface area (Å²) in [6.07, 6.45) is 0.706. The van der Waals surface area contributed by atoms with Crippen molar-refractivity contribution in [1.29, 1.82) is 0 Å². The number of carbonyl (C=O) groups is 1. The molecule has 0 saturated heterocycles. The molecule has 3 aromatic rings. The third-order valence-electron chi connectivity index (χ3n) is 5.16. The zero-order chi connectivity index (χ0) is 22.7. The molecular weight excluding hydrogens is 396 g/mol. The van der Waals surface area contributed by atoms with Crippen LogP contribution in [0.4, 0.5) is 0 Å². The molecule has 1 amide bonds. The van der Waals surface area contributed by atoms with Crippen molar-refractivity contribution in [3.8, 4) is 11.5 Å². The fourth-order valence-corrected chi connectivity index (χ4v) is 3.39. The summed E-state index contributed by atoms with van der Waals surface area (Å²) in [6.45, 7) is 8.12. The van der Waals surface area contributed by atoms with Crippen LogP contribution in [0.3, 0.4) is 0 Å². The lowest BCUT2D eigenvalue weighted by molar-refractivity contribution is 0.0916. The van der Waals surface area contributed by atoms with E-state index in [2.05, 4.69) is 10.4 Å². The van der Waals surface area contributed by atoms with Gasteiger partial charge >= 0.3 is 0 Å². The van der Waals surface area contributed by atoms with Crippen molar-refractivity contribution >= 4 is 16.9 Å². The van der Waals surface area contributed by atoms with E-state index in [1.807, 2.05) is 32.4 Å². The fourth-order valence-electron chi connectivity index (χ4n) is 3.39. The number of nitrogens with zero attached hydrogens (tertiary/aromatic N) is 3. The van der Waals surface area contributed by atoms with Crippen LogP contribution < -0.4 is 14.8 Å². The normalized spacial score (nSPS) is 12.4. The maximum Gasteiger partial charge on any atom is 0.252 e. The summed E-state index contributed by atoms with van der Waals surface area (Å²) in [6, 6.07) is 7.09. The second kappa shape index (κ2) is 9.34. The van der Waals surface area contributed by atoms with Crippen LogP contribution >= 0.6 is 0 Å². The van der Waals surface area contributed by atoms with E-state index in [1.54, 1.807) is 37.6 Å². The van der Waals surface area contributed by atoms with Crippen molar-refractivity contribution in [1.82, 2.24) is 20.1 Å². The number of amides is 1. The smallest absolute Gasteiger partial charge is 0.252 e. The Kier molecular flexibility index (Phi) is 6.80. The van der Waals surface area contributed by atoms with E-state index in [-0.39, 0.29) is 24.4 Å². The van der Waals surface area contributed by atoms with Gasteiger partial charge in [0.25, 0.3) is 5.91 Å². The number of ether oxygens (including phenoxy) is 2. The average Bonchev–Trinajstić information content (AvgIpc) is 3.20. The molecule has 1 aromatic carbocycles. The molecule has 8 heteroatoms. The lowest BCUT2D eigenvalue weighted by Gasteiger charge is -2.17. The van der Waals surface area contributed by atoms with E-state index in [1.165, 1.54) is 7.11 Å². The molecule has 31 heavy (non-hydrogen) atoms. The van der Waals surface area contributed by atoms with Crippen molar-refractivity contribution in [3.05, 3.63) is 47.3 Å². The Labute approximate surface area is 182 Å². The summed E-state index contributed by atoms with van der Waals surface area (Å²) >= 11 is 0. The number of nitrogens with one attached hydrogen (secondary N) is 1. The van der Waals surface area contributed by atoms with Gasteiger partial charge in [-0.1, -0.05) is 13.8 Å². The number of methoxy groups -OCH3 is 2. The number of aromatic nitrogens is 3. The third-order valence-corrected chi connectivity index (χ3v) is 5.16. The highest BCUT2D eigenvalue weighted by molar-refractivity contribution is 6.05. The molecule has 2 aromatic heterocycles. The molecule has 166 valence electrons. The Bertz CT molecular complexity index is 1070. The molecule has 0 bridgehead atoms. The van der Waals surface area contributed by atoms with Crippen molar-refractivity contribution < 1.29 is 19.4 Å². The first-order chi connectivity index (χ1) is 14.8. The van der Waals surface area contributed by atoms with Crippen molar-refractivity contribution in [2.24, 2.45) is 0 Å². The first kappa shape index (κ1) is 22.6. The number of fused-ring (bicyclic) bond motifs is 1. The second-order valence-corrected chi connectivity index (χ2v) is 8.00. The summed E-state index contributed by atoms with van der Waals surface area (Å²) in [5.74, 6) is 0.977. The summed E-state index contributed by atoms with van der Waals surface area (Å²) in [4.78, 5) is 17.8. The van der Waals surface area contributed by atoms with E-state index in [9.17, 15) is 9.90 Å². The number of hydrogen-bond donors (Lipinski definition) is 2. The van der Waals surface area contributed by atoms with E-state index in [0.717, 1.165) is 5.69 Å². The van der Waals surface area contributed by atoms with Crippen LogP contribution in [-0.2, 0) is 0 Å². The van der Waals surface area contributed by atoms with Gasteiger partial charge in [-0.2, -0.15) is 5.10 Å². The van der Waals surface area contributed by atoms with Crippen molar-refractivity contribution in [2.75, 3.05) is 20.8 Å². The van der Waals surface area contributed by atoms with Gasteiger partial charge < -0.3 is 19.9 Å².